The van der Waals surface area contributed by atoms with E-state index < -0.39 is 9.84 Å². The van der Waals surface area contributed by atoms with E-state index in [1.165, 1.54) is 0 Å². The molecule has 0 saturated carbocycles. The van der Waals surface area contributed by atoms with Crippen molar-refractivity contribution in [2.75, 3.05) is 18.6 Å². The summed E-state index contributed by atoms with van der Waals surface area (Å²) in [5.41, 5.74) is 3.34. The minimum Gasteiger partial charge on any atom is -0.451 e. The predicted octanol–water partition coefficient (Wildman–Crippen LogP) is 2.88. The average molecular weight is 401 g/mol. The molecule has 1 amide bonds. The van der Waals surface area contributed by atoms with Crippen LogP contribution in [0.2, 0.25) is 0 Å². The minimum absolute atomic E-state index is 0.127. The number of furan rings is 1. The van der Waals surface area contributed by atoms with Gasteiger partial charge in [0.2, 0.25) is 0 Å². The number of benzene rings is 1. The van der Waals surface area contributed by atoms with Gasteiger partial charge in [-0.3, -0.25) is 9.48 Å². The third-order valence-corrected chi connectivity index (χ3v) is 7.16. The van der Waals surface area contributed by atoms with Gasteiger partial charge in [-0.1, -0.05) is 18.2 Å². The maximum atomic E-state index is 12.8. The molecule has 1 aliphatic rings. The Hall–Kier alpha value is -2.61. The molecule has 3 aromatic rings. The van der Waals surface area contributed by atoms with Gasteiger partial charge in [-0.25, -0.2) is 8.42 Å². The normalized spacial score (nSPS) is 18.6. The molecular weight excluding hydrogens is 378 g/mol. The molecule has 0 bridgehead atoms. The van der Waals surface area contributed by atoms with Crippen LogP contribution >= 0.6 is 0 Å². The molecule has 148 valence electrons. The molecule has 1 unspecified atom stereocenters. The molecule has 1 atom stereocenters. The van der Waals surface area contributed by atoms with Crippen LogP contribution in [0.15, 0.2) is 34.7 Å². The van der Waals surface area contributed by atoms with Crippen molar-refractivity contribution in [2.45, 2.75) is 32.9 Å². The summed E-state index contributed by atoms with van der Waals surface area (Å²) in [7, 11) is -1.26. The maximum absolute atomic E-state index is 12.8. The van der Waals surface area contributed by atoms with E-state index in [9.17, 15) is 13.2 Å². The molecule has 3 heterocycles. The molecule has 0 spiro atoms. The van der Waals surface area contributed by atoms with Crippen molar-refractivity contribution in [3.8, 4) is 0 Å². The monoisotopic (exact) mass is 401 g/mol. The van der Waals surface area contributed by atoms with Crippen LogP contribution in [-0.4, -0.2) is 47.6 Å². The number of rotatable bonds is 4. The Morgan fingerprint density at radius 1 is 1.32 bits per heavy atom. The van der Waals surface area contributed by atoms with Crippen LogP contribution in [0.5, 0.6) is 0 Å². The highest BCUT2D eigenvalue weighted by atomic mass is 32.2. The van der Waals surface area contributed by atoms with Crippen molar-refractivity contribution < 1.29 is 17.6 Å². The van der Waals surface area contributed by atoms with E-state index in [1.807, 2.05) is 42.8 Å². The van der Waals surface area contributed by atoms with Gasteiger partial charge in [0, 0.05) is 30.2 Å². The quantitative estimate of drug-likeness (QED) is 0.671. The third kappa shape index (κ3) is 3.32. The van der Waals surface area contributed by atoms with E-state index in [4.69, 9.17) is 4.42 Å². The fourth-order valence-corrected chi connectivity index (χ4v) is 5.53. The molecule has 4 rings (SSSR count). The van der Waals surface area contributed by atoms with E-state index in [0.717, 1.165) is 22.3 Å². The standard InChI is InChI=1S/C20H23N3O4S/c1-13-17(14(2)23(21-13)16-8-9-28(25,26)12-16)11-22(3)20(24)19-10-15-6-4-5-7-18(15)27-19/h4-7,10,16H,8-9,11-12H2,1-3H3. The highest BCUT2D eigenvalue weighted by Crippen LogP contribution is 2.27. The smallest absolute Gasteiger partial charge is 0.289 e. The maximum Gasteiger partial charge on any atom is 0.289 e. The Balaban J connectivity index is 1.56. The first kappa shape index (κ1) is 18.7. The van der Waals surface area contributed by atoms with Crippen LogP contribution in [-0.2, 0) is 16.4 Å². The molecule has 1 aliphatic heterocycles. The van der Waals surface area contributed by atoms with Crippen molar-refractivity contribution in [2.24, 2.45) is 0 Å². The second kappa shape index (κ2) is 6.77. The number of amides is 1. The number of aromatic nitrogens is 2. The molecule has 0 aliphatic carbocycles. The number of sulfone groups is 1. The van der Waals surface area contributed by atoms with E-state index in [1.54, 1.807) is 18.0 Å². The molecule has 1 saturated heterocycles. The second-order valence-corrected chi connectivity index (χ2v) is 9.69. The zero-order valence-electron chi connectivity index (χ0n) is 16.2. The number of carbonyl (C=O) groups excluding carboxylic acids is 1. The van der Waals surface area contributed by atoms with Crippen molar-refractivity contribution in [3.05, 3.63) is 53.0 Å². The van der Waals surface area contributed by atoms with Gasteiger partial charge in [0.1, 0.15) is 5.58 Å². The van der Waals surface area contributed by atoms with Gasteiger partial charge in [0.15, 0.2) is 15.6 Å². The summed E-state index contributed by atoms with van der Waals surface area (Å²) < 4.78 is 31.1. The summed E-state index contributed by atoms with van der Waals surface area (Å²) in [6, 6.07) is 9.13. The van der Waals surface area contributed by atoms with Gasteiger partial charge in [-0.15, -0.1) is 0 Å². The van der Waals surface area contributed by atoms with Crippen LogP contribution in [0, 0.1) is 13.8 Å². The SMILES string of the molecule is Cc1nn(C2CCS(=O)(=O)C2)c(C)c1CN(C)C(=O)c1cc2ccccc2o1. The largest absolute Gasteiger partial charge is 0.451 e. The number of hydrogen-bond donors (Lipinski definition) is 0. The van der Waals surface area contributed by atoms with Crippen molar-refractivity contribution >= 4 is 26.7 Å². The number of nitrogens with zero attached hydrogens (tertiary/aromatic N) is 3. The van der Waals surface area contributed by atoms with Gasteiger partial charge in [-0.2, -0.15) is 5.10 Å². The molecule has 7 nitrogen and oxygen atoms in total. The molecule has 28 heavy (non-hydrogen) atoms. The van der Waals surface area contributed by atoms with Crippen LogP contribution in [0.25, 0.3) is 11.0 Å². The first-order valence-electron chi connectivity index (χ1n) is 9.24. The summed E-state index contributed by atoms with van der Waals surface area (Å²) >= 11 is 0. The van der Waals surface area contributed by atoms with Gasteiger partial charge in [-0.05, 0) is 32.4 Å². The van der Waals surface area contributed by atoms with Gasteiger partial charge in [0.25, 0.3) is 5.91 Å². The van der Waals surface area contributed by atoms with Crippen molar-refractivity contribution in [1.82, 2.24) is 14.7 Å². The van der Waals surface area contributed by atoms with Crippen LogP contribution in [0.3, 0.4) is 0 Å². The Bertz CT molecular complexity index is 1130. The fraction of sp³-hybridized carbons (Fsp3) is 0.400. The number of fused-ring (bicyclic) bond motifs is 1. The number of aryl methyl sites for hydroxylation is 1. The van der Waals surface area contributed by atoms with E-state index >= 15 is 0 Å². The molecule has 1 fully saturated rings. The summed E-state index contributed by atoms with van der Waals surface area (Å²) in [4.78, 5) is 14.4. The van der Waals surface area contributed by atoms with E-state index in [-0.39, 0.29) is 23.5 Å². The molecule has 2 aromatic heterocycles. The summed E-state index contributed by atoms with van der Waals surface area (Å²) in [6.07, 6.45) is 0.581. The average Bonchev–Trinajstić information content (AvgIpc) is 3.32. The second-order valence-electron chi connectivity index (χ2n) is 7.46. The van der Waals surface area contributed by atoms with E-state index in [0.29, 0.717) is 24.3 Å². The third-order valence-electron chi connectivity index (χ3n) is 5.41. The van der Waals surface area contributed by atoms with Crippen molar-refractivity contribution in [3.63, 3.8) is 0 Å². The zero-order valence-corrected chi connectivity index (χ0v) is 17.0. The molecule has 1 aromatic carbocycles. The molecule has 0 N–H and O–H groups in total. The van der Waals surface area contributed by atoms with Crippen LogP contribution in [0.1, 0.15) is 40.0 Å². The molecular formula is C20H23N3O4S. The highest BCUT2D eigenvalue weighted by Gasteiger charge is 2.31. The van der Waals surface area contributed by atoms with Crippen LogP contribution in [0.4, 0.5) is 0 Å². The first-order valence-corrected chi connectivity index (χ1v) is 11.1. The molecule has 0 radical (unpaired) electrons. The lowest BCUT2D eigenvalue weighted by atomic mass is 10.1. The lowest BCUT2D eigenvalue weighted by Crippen LogP contribution is -2.26. The molecule has 8 heteroatoms. The Kier molecular flexibility index (Phi) is 4.53. The Labute approximate surface area is 163 Å². The number of para-hydroxylation sites is 1. The number of hydrogen-bond acceptors (Lipinski definition) is 5. The summed E-state index contributed by atoms with van der Waals surface area (Å²) in [5, 5.41) is 5.46. The van der Waals surface area contributed by atoms with Crippen LogP contribution < -0.4 is 0 Å². The summed E-state index contributed by atoms with van der Waals surface area (Å²) in [6.45, 7) is 4.20. The number of carbonyl (C=O) groups is 1. The Morgan fingerprint density at radius 3 is 2.75 bits per heavy atom. The first-order chi connectivity index (χ1) is 13.2. The van der Waals surface area contributed by atoms with E-state index in [2.05, 4.69) is 5.10 Å². The van der Waals surface area contributed by atoms with Gasteiger partial charge in [0.05, 0.1) is 23.2 Å². The van der Waals surface area contributed by atoms with Crippen molar-refractivity contribution in [1.29, 1.82) is 0 Å². The highest BCUT2D eigenvalue weighted by molar-refractivity contribution is 7.91. The topological polar surface area (TPSA) is 85.4 Å². The fourth-order valence-electron chi connectivity index (χ4n) is 3.83. The lowest BCUT2D eigenvalue weighted by Gasteiger charge is -2.17. The Morgan fingerprint density at radius 2 is 2.07 bits per heavy atom. The zero-order chi connectivity index (χ0) is 20.1. The minimum atomic E-state index is -2.99. The lowest BCUT2D eigenvalue weighted by molar-refractivity contribution is 0.0755. The summed E-state index contributed by atoms with van der Waals surface area (Å²) in [5.74, 6) is 0.428. The predicted molar refractivity (Wildman–Crippen MR) is 106 cm³/mol. The van der Waals surface area contributed by atoms with Gasteiger partial charge < -0.3 is 9.32 Å². The van der Waals surface area contributed by atoms with Gasteiger partial charge >= 0.3 is 0 Å².